The van der Waals surface area contributed by atoms with Crippen molar-refractivity contribution in [2.45, 2.75) is 19.4 Å². The molecule has 1 atom stereocenters. The van der Waals surface area contributed by atoms with Crippen molar-refractivity contribution < 1.29 is 13.5 Å². The van der Waals surface area contributed by atoms with Gasteiger partial charge in [0.05, 0.1) is 24.4 Å². The van der Waals surface area contributed by atoms with E-state index < -0.39 is 10.4 Å². The summed E-state index contributed by atoms with van der Waals surface area (Å²) in [5.74, 6) is 1.45. The molecule has 0 aromatic carbocycles. The molecule has 0 spiro atoms. The number of morpholine rings is 1. The second-order valence-electron chi connectivity index (χ2n) is 8.68. The molecule has 170 valence electrons. The van der Waals surface area contributed by atoms with Crippen LogP contribution in [0.5, 0.6) is 0 Å². The number of hydrogen-bond acceptors (Lipinski definition) is 6. The Morgan fingerprint density at radius 2 is 1.97 bits per heavy atom. The lowest BCUT2D eigenvalue weighted by Gasteiger charge is -2.32. The second kappa shape index (κ2) is 8.90. The molecule has 0 amide bonds. The van der Waals surface area contributed by atoms with Gasteiger partial charge >= 0.3 is 0 Å². The first-order chi connectivity index (χ1) is 15.5. The first-order valence-corrected chi connectivity index (χ1v) is 13.0. The van der Waals surface area contributed by atoms with Crippen molar-refractivity contribution in [2.24, 2.45) is 5.92 Å². The molecule has 1 unspecified atom stereocenters. The van der Waals surface area contributed by atoms with Crippen molar-refractivity contribution in [1.29, 1.82) is 0 Å². The minimum Gasteiger partial charge on any atom is -0.598 e. The highest BCUT2D eigenvalue weighted by molar-refractivity contribution is 7.94. The smallest absolute Gasteiger partial charge is 0.138 e. The van der Waals surface area contributed by atoms with E-state index in [0.717, 1.165) is 60.5 Å². The van der Waals surface area contributed by atoms with Crippen molar-refractivity contribution in [2.75, 3.05) is 50.5 Å². The number of anilines is 1. The zero-order valence-electron chi connectivity index (χ0n) is 18.4. The Morgan fingerprint density at radius 1 is 1.19 bits per heavy atom. The van der Waals surface area contributed by atoms with E-state index in [1.165, 1.54) is 6.26 Å². The molecule has 2 aliphatic rings. The number of rotatable bonds is 5. The Morgan fingerprint density at radius 3 is 2.66 bits per heavy atom. The summed E-state index contributed by atoms with van der Waals surface area (Å²) >= 11 is 0. The average Bonchev–Trinajstić information content (AvgIpc) is 3.22. The number of nitrogens with zero attached hydrogens (tertiary/aromatic N) is 5. The molecule has 8 nitrogen and oxygen atoms in total. The van der Waals surface area contributed by atoms with Gasteiger partial charge in [0.25, 0.3) is 0 Å². The summed E-state index contributed by atoms with van der Waals surface area (Å²) in [6.45, 7) is 5.15. The number of sulfonamides is 1. The molecule has 0 bridgehead atoms. The molecule has 32 heavy (non-hydrogen) atoms. The van der Waals surface area contributed by atoms with E-state index in [1.807, 2.05) is 18.3 Å². The molecule has 0 saturated carbocycles. The monoisotopic (exact) mass is 455 g/mol. The molecule has 5 heterocycles. The molecular formula is C23H29N5O3S. The van der Waals surface area contributed by atoms with Gasteiger partial charge in [-0.15, -0.1) is 4.31 Å². The number of aromatic nitrogens is 3. The number of hydrogen-bond donors (Lipinski definition) is 0. The molecule has 2 saturated heterocycles. The van der Waals surface area contributed by atoms with Crippen LogP contribution in [-0.2, 0) is 25.9 Å². The highest BCUT2D eigenvalue weighted by Crippen LogP contribution is 2.32. The van der Waals surface area contributed by atoms with Gasteiger partial charge in [-0.3, -0.25) is 4.98 Å². The SMILES string of the molecule is C[S+](=O)([O-])N1CCC(Cn2ccc3c(N4CCOCC4)nc(-c4cccnc4)cc32)CC1. The van der Waals surface area contributed by atoms with Gasteiger partial charge in [0.2, 0.25) is 0 Å². The Hall–Kier alpha value is -2.33. The quantitative estimate of drug-likeness (QED) is 0.550. The van der Waals surface area contributed by atoms with Crippen molar-refractivity contribution in [1.82, 2.24) is 18.8 Å². The third-order valence-corrected chi connectivity index (χ3v) is 7.82. The summed E-state index contributed by atoms with van der Waals surface area (Å²) in [5.41, 5.74) is 3.07. The lowest BCUT2D eigenvalue weighted by atomic mass is 9.98. The number of ether oxygens (including phenoxy) is 1. The lowest BCUT2D eigenvalue weighted by Crippen LogP contribution is -2.41. The minimum absolute atomic E-state index is 0.449. The predicted octanol–water partition coefficient (Wildman–Crippen LogP) is 2.82. The van der Waals surface area contributed by atoms with Gasteiger partial charge in [-0.05, 0) is 43.0 Å². The Labute approximate surface area is 189 Å². The van der Waals surface area contributed by atoms with E-state index in [0.29, 0.717) is 32.2 Å². The maximum absolute atomic E-state index is 11.8. The molecule has 3 aromatic heterocycles. The highest BCUT2D eigenvalue weighted by Gasteiger charge is 2.29. The fraction of sp³-hybridized carbons (Fsp3) is 0.478. The summed E-state index contributed by atoms with van der Waals surface area (Å²) in [6, 6.07) is 8.29. The Bertz CT molecular complexity index is 1120. The number of fused-ring (bicyclic) bond motifs is 1. The van der Waals surface area contributed by atoms with Crippen LogP contribution in [0.4, 0.5) is 5.82 Å². The molecule has 2 fully saturated rings. The van der Waals surface area contributed by atoms with Crippen molar-refractivity contribution in [3.05, 3.63) is 42.9 Å². The van der Waals surface area contributed by atoms with Crippen LogP contribution in [0, 0.1) is 5.92 Å². The van der Waals surface area contributed by atoms with E-state index in [4.69, 9.17) is 9.72 Å². The van der Waals surface area contributed by atoms with Crippen LogP contribution in [-0.4, -0.2) is 69.0 Å². The highest BCUT2D eigenvalue weighted by atomic mass is 32.3. The summed E-state index contributed by atoms with van der Waals surface area (Å²) in [5, 5.41) is 1.15. The van der Waals surface area contributed by atoms with E-state index in [-0.39, 0.29) is 0 Å². The van der Waals surface area contributed by atoms with Crippen LogP contribution >= 0.6 is 0 Å². The zero-order valence-corrected chi connectivity index (χ0v) is 19.2. The minimum atomic E-state index is -3.10. The van der Waals surface area contributed by atoms with Gasteiger partial charge in [-0.2, -0.15) is 0 Å². The topological polar surface area (TPSA) is 86.5 Å². The Kier molecular flexibility index (Phi) is 5.98. The summed E-state index contributed by atoms with van der Waals surface area (Å²) in [7, 11) is -3.10. The van der Waals surface area contributed by atoms with Crippen molar-refractivity contribution in [3.63, 3.8) is 0 Å². The maximum Gasteiger partial charge on any atom is 0.138 e. The second-order valence-corrected chi connectivity index (χ2v) is 10.7. The van der Waals surface area contributed by atoms with Crippen LogP contribution in [0.1, 0.15) is 12.8 Å². The van der Waals surface area contributed by atoms with E-state index >= 15 is 0 Å². The van der Waals surface area contributed by atoms with E-state index in [2.05, 4.69) is 32.8 Å². The molecule has 5 rings (SSSR count). The largest absolute Gasteiger partial charge is 0.598 e. The molecule has 2 aliphatic heterocycles. The van der Waals surface area contributed by atoms with Crippen molar-refractivity contribution >= 4 is 27.1 Å². The normalized spacial score (nSPS) is 20.5. The maximum atomic E-state index is 11.8. The van der Waals surface area contributed by atoms with E-state index in [9.17, 15) is 8.76 Å². The van der Waals surface area contributed by atoms with Gasteiger partial charge in [0.15, 0.2) is 0 Å². The summed E-state index contributed by atoms with van der Waals surface area (Å²) in [4.78, 5) is 11.6. The average molecular weight is 456 g/mol. The van der Waals surface area contributed by atoms with Crippen LogP contribution in [0.2, 0.25) is 0 Å². The third kappa shape index (κ3) is 4.43. The summed E-state index contributed by atoms with van der Waals surface area (Å²) in [6.07, 6.45) is 8.83. The summed E-state index contributed by atoms with van der Waals surface area (Å²) < 4.78 is 33.1. The lowest BCUT2D eigenvalue weighted by molar-refractivity contribution is 0.122. The molecule has 0 N–H and O–H groups in total. The van der Waals surface area contributed by atoms with Crippen molar-refractivity contribution in [3.8, 4) is 11.3 Å². The van der Waals surface area contributed by atoms with Crippen LogP contribution in [0.25, 0.3) is 22.2 Å². The van der Waals surface area contributed by atoms with Gasteiger partial charge < -0.3 is 18.8 Å². The fourth-order valence-corrected chi connectivity index (χ4v) is 5.58. The zero-order chi connectivity index (χ0) is 22.1. The van der Waals surface area contributed by atoms with Gasteiger partial charge in [0, 0.05) is 62.3 Å². The fourth-order valence-electron chi connectivity index (χ4n) is 4.71. The first kappa shape index (κ1) is 21.5. The standard InChI is InChI=1S/C23H29N5O3S/c1-32(29,30)28-9-4-18(5-10-28)17-27-8-6-20-22(27)15-21(19-3-2-7-24-16-19)25-23(20)26-11-13-31-14-12-26/h2-3,6-8,15-16,18H,4-5,9-14,17H2,1H3. The van der Waals surface area contributed by atoms with Crippen LogP contribution in [0.15, 0.2) is 42.9 Å². The van der Waals surface area contributed by atoms with Crippen LogP contribution in [0.3, 0.4) is 0 Å². The molecule has 0 aliphatic carbocycles. The van der Waals surface area contributed by atoms with E-state index in [1.54, 1.807) is 10.5 Å². The van der Waals surface area contributed by atoms with Gasteiger partial charge in [-0.1, -0.05) is 4.21 Å². The number of pyridine rings is 2. The van der Waals surface area contributed by atoms with Crippen LogP contribution < -0.4 is 4.90 Å². The number of piperidine rings is 1. The third-order valence-electron chi connectivity index (χ3n) is 6.51. The van der Waals surface area contributed by atoms with Gasteiger partial charge in [0.1, 0.15) is 22.5 Å². The van der Waals surface area contributed by atoms with Gasteiger partial charge in [-0.25, -0.2) is 4.98 Å². The first-order valence-electron chi connectivity index (χ1n) is 11.2. The predicted molar refractivity (Wildman–Crippen MR) is 125 cm³/mol. The Balaban J connectivity index is 1.47. The molecule has 9 heteroatoms. The molecular weight excluding hydrogens is 426 g/mol. The molecule has 0 radical (unpaired) electrons. The molecule has 3 aromatic rings.